The number of carbonyl (C=O) groups is 5. The summed E-state index contributed by atoms with van der Waals surface area (Å²) in [6.07, 6.45) is 5.49. The summed E-state index contributed by atoms with van der Waals surface area (Å²) in [6.45, 7) is 24.0. The zero-order valence-corrected chi connectivity index (χ0v) is 44.6. The van der Waals surface area contributed by atoms with Gasteiger partial charge >= 0.3 is 5.97 Å². The summed E-state index contributed by atoms with van der Waals surface area (Å²) in [4.78, 5) is 81.1. The van der Waals surface area contributed by atoms with Gasteiger partial charge in [-0.3, -0.25) is 38.9 Å². The molecule has 1 spiro atoms. The number of hydrogen-bond donors (Lipinski definition) is 2. The van der Waals surface area contributed by atoms with E-state index in [2.05, 4.69) is 84.8 Å². The Bertz CT molecular complexity index is 2730. The Labute approximate surface area is 426 Å². The fraction of sp³-hybridized carbons (Fsp3) is 0.544. The lowest BCUT2D eigenvalue weighted by Crippen LogP contribution is -2.64. The van der Waals surface area contributed by atoms with Crippen LogP contribution < -0.4 is 10.7 Å². The van der Waals surface area contributed by atoms with Crippen LogP contribution in [0.5, 0.6) is 0 Å². The minimum Gasteiger partial charge on any atom is -0.464 e. The molecule has 4 aliphatic rings. The number of likely N-dealkylation sites (tertiary alicyclic amines) is 2. The van der Waals surface area contributed by atoms with Crippen molar-refractivity contribution in [3.63, 3.8) is 0 Å². The zero-order chi connectivity index (χ0) is 52.4. The third kappa shape index (κ3) is 10.8. The lowest BCUT2D eigenvalue weighted by atomic mass is 9.78. The van der Waals surface area contributed by atoms with Crippen LogP contribution in [0.4, 0.5) is 0 Å². The van der Waals surface area contributed by atoms with Crippen LogP contribution in [0.15, 0.2) is 65.8 Å². The second kappa shape index (κ2) is 21.6. The lowest BCUT2D eigenvalue weighted by molar-refractivity contribution is -0.155. The van der Waals surface area contributed by atoms with Crippen molar-refractivity contribution in [3.8, 4) is 23.0 Å². The molecule has 4 atom stereocenters. The smallest absolute Gasteiger partial charge is 0.324 e. The largest absolute Gasteiger partial charge is 0.464 e. The van der Waals surface area contributed by atoms with Crippen LogP contribution in [0.3, 0.4) is 0 Å². The van der Waals surface area contributed by atoms with E-state index in [9.17, 15) is 24.0 Å². The molecule has 6 bridgehead atoms. The summed E-state index contributed by atoms with van der Waals surface area (Å²) in [7, 11) is 5.48. The number of benzene rings is 2. The normalized spacial score (nSPS) is 21.5. The SMILES string of the molecule is C=C/C(=C(\N=C/C)[C@H](C)OC)c1c2c3cc(ccc3n1CC)-c1cccc(c1)C[C@H](NC(=O)[C@H](C(C)C)N1CCC3(CN(C(=O)C#CC(C)(C)N(C)C)C3)C1=O)C(=O)N1CCC[C@H](N1)C(=O)OCC(C)(C)C2. The van der Waals surface area contributed by atoms with Gasteiger partial charge < -0.3 is 29.2 Å². The maximum atomic E-state index is 14.8. The molecule has 2 N–H and O–H groups in total. The van der Waals surface area contributed by atoms with E-state index in [4.69, 9.17) is 14.5 Å². The fourth-order valence-electron chi connectivity index (χ4n) is 10.6. The molecule has 5 heterocycles. The van der Waals surface area contributed by atoms with Gasteiger partial charge in [0, 0.05) is 74.4 Å². The van der Waals surface area contributed by atoms with Crippen molar-refractivity contribution in [3.05, 3.63) is 77.6 Å². The monoisotopic (exact) mass is 985 g/mol. The average molecular weight is 985 g/mol. The topological polar surface area (TPSA) is 158 Å². The number of aryl methyl sites for hydroxylation is 1. The number of amides is 4. The minimum absolute atomic E-state index is 0.114. The first-order valence-electron chi connectivity index (χ1n) is 25.6. The number of carbonyl (C=O) groups excluding carboxylic acids is 5. The highest BCUT2D eigenvalue weighted by atomic mass is 16.5. The highest BCUT2D eigenvalue weighted by Crippen LogP contribution is 2.43. The van der Waals surface area contributed by atoms with Crippen molar-refractivity contribution >= 4 is 52.3 Å². The Morgan fingerprint density at radius 3 is 2.46 bits per heavy atom. The molecule has 15 heteroatoms. The number of methoxy groups -OCH3 is 1. The maximum absolute atomic E-state index is 14.8. The van der Waals surface area contributed by atoms with Crippen molar-refractivity contribution in [2.75, 3.05) is 54.0 Å². The number of rotatable bonds is 11. The van der Waals surface area contributed by atoms with Crippen molar-refractivity contribution in [2.45, 2.75) is 131 Å². The van der Waals surface area contributed by atoms with Gasteiger partial charge in [-0.2, -0.15) is 0 Å². The molecule has 0 unspecified atom stereocenters. The van der Waals surface area contributed by atoms with E-state index in [1.165, 1.54) is 5.01 Å². The Balaban J connectivity index is 1.25. The summed E-state index contributed by atoms with van der Waals surface area (Å²) < 4.78 is 14.3. The number of cyclic esters (lactones) is 1. The second-order valence-corrected chi connectivity index (χ2v) is 21.9. The number of aromatic nitrogens is 1. The van der Waals surface area contributed by atoms with Gasteiger partial charge in [-0.15, -0.1) is 0 Å². The van der Waals surface area contributed by atoms with E-state index < -0.39 is 52.3 Å². The minimum atomic E-state index is -1.06. The van der Waals surface area contributed by atoms with Crippen molar-refractivity contribution in [2.24, 2.45) is 21.7 Å². The molecule has 4 amide bonds. The van der Waals surface area contributed by atoms with Crippen LogP contribution in [-0.4, -0.2) is 144 Å². The third-order valence-electron chi connectivity index (χ3n) is 15.2. The number of nitrogens with zero attached hydrogens (tertiary/aromatic N) is 6. The zero-order valence-electron chi connectivity index (χ0n) is 44.6. The van der Waals surface area contributed by atoms with Crippen molar-refractivity contribution in [1.29, 1.82) is 0 Å². The number of hydrogen-bond acceptors (Lipinski definition) is 10. The van der Waals surface area contributed by atoms with Gasteiger partial charge in [0.25, 0.3) is 11.8 Å². The molecule has 3 fully saturated rings. The summed E-state index contributed by atoms with van der Waals surface area (Å²) in [5.41, 5.74) is 8.76. The van der Waals surface area contributed by atoms with Crippen LogP contribution in [-0.2, 0) is 52.8 Å². The molecule has 4 aliphatic heterocycles. The van der Waals surface area contributed by atoms with Crippen LogP contribution in [0, 0.1) is 28.6 Å². The third-order valence-corrected chi connectivity index (χ3v) is 15.2. The molecule has 386 valence electrons. The first-order chi connectivity index (χ1) is 34.1. The Hall–Kier alpha value is -6.08. The Morgan fingerprint density at radius 2 is 1.81 bits per heavy atom. The fourth-order valence-corrected chi connectivity index (χ4v) is 10.6. The van der Waals surface area contributed by atoms with Crippen LogP contribution in [0.1, 0.15) is 98.4 Å². The molecule has 72 heavy (non-hydrogen) atoms. The number of esters is 1. The van der Waals surface area contributed by atoms with Gasteiger partial charge in [0.15, 0.2) is 0 Å². The van der Waals surface area contributed by atoms with E-state index >= 15 is 0 Å². The molecular weight excluding hydrogens is 909 g/mol. The Kier molecular flexibility index (Phi) is 16.1. The molecule has 0 aliphatic carbocycles. The second-order valence-electron chi connectivity index (χ2n) is 21.9. The molecule has 1 aromatic heterocycles. The number of ether oxygens (including phenoxy) is 2. The van der Waals surface area contributed by atoms with E-state index in [0.717, 1.165) is 50.1 Å². The number of hydrazine groups is 1. The van der Waals surface area contributed by atoms with Gasteiger partial charge in [0.05, 0.1) is 35.1 Å². The average Bonchev–Trinajstić information content (AvgIpc) is 3.83. The number of aliphatic imine (C=N–C) groups is 1. The standard InChI is InChI=1S/C57H76N8O7/c1-14-41(48(58-15-2)37(6)71-13)50-43-32-55(7,8)35-72-53(69)44-21-18-27-65(60-44)52(68)45(30-38-19-17-20-39(29-38)40-22-23-46(42(43)31-40)63(50)16-3)59-51(67)49(36(4)5)64-28-26-57(54(64)70)33-62(34-57)47(66)24-25-56(9,10)61(11)12/h14-15,17,19-20,22-23,29,31,36-37,44-45,49,60H,1,16,18,21,26-28,30,32-35H2,2-13H3,(H,59,67)/b48-41+,58-15-/t37-,44-,45-,49-/m0/s1. The Morgan fingerprint density at radius 1 is 1.08 bits per heavy atom. The lowest BCUT2D eigenvalue weighted by Gasteiger charge is -2.46. The summed E-state index contributed by atoms with van der Waals surface area (Å²) in [6, 6.07) is 11.8. The number of nitrogens with one attached hydrogen (secondary N) is 2. The highest BCUT2D eigenvalue weighted by molar-refractivity contribution is 5.99. The summed E-state index contributed by atoms with van der Waals surface area (Å²) in [5, 5.41) is 5.60. The molecule has 3 aromatic rings. The maximum Gasteiger partial charge on any atom is 0.324 e. The van der Waals surface area contributed by atoms with Crippen molar-refractivity contribution < 1.29 is 33.4 Å². The summed E-state index contributed by atoms with van der Waals surface area (Å²) >= 11 is 0. The van der Waals surface area contributed by atoms with E-state index in [0.29, 0.717) is 45.3 Å². The van der Waals surface area contributed by atoms with E-state index in [1.54, 1.807) is 23.1 Å². The molecule has 15 nitrogen and oxygen atoms in total. The van der Waals surface area contributed by atoms with E-state index in [1.807, 2.05) is 78.7 Å². The first kappa shape index (κ1) is 53.7. The first-order valence-corrected chi connectivity index (χ1v) is 25.6. The summed E-state index contributed by atoms with van der Waals surface area (Å²) in [5.74, 6) is 3.71. The number of allylic oxidation sites excluding steroid dienone is 2. The molecular formula is C57H76N8O7. The van der Waals surface area contributed by atoms with Gasteiger partial charge in [0.1, 0.15) is 18.1 Å². The molecule has 3 saturated heterocycles. The van der Waals surface area contributed by atoms with Crippen LogP contribution >= 0.6 is 0 Å². The predicted octanol–water partition coefficient (Wildman–Crippen LogP) is 6.43. The van der Waals surface area contributed by atoms with Gasteiger partial charge in [0.2, 0.25) is 11.8 Å². The predicted molar refractivity (Wildman–Crippen MR) is 282 cm³/mol. The van der Waals surface area contributed by atoms with Gasteiger partial charge in [-0.1, -0.05) is 76.6 Å². The molecule has 0 saturated carbocycles. The van der Waals surface area contributed by atoms with Crippen molar-refractivity contribution in [1.82, 2.24) is 35.0 Å². The quantitative estimate of drug-likeness (QED) is 0.0957. The van der Waals surface area contributed by atoms with Crippen LogP contribution in [0.25, 0.3) is 27.6 Å². The molecule has 0 radical (unpaired) electrons. The number of fused-ring (bicyclic) bond motifs is 6. The van der Waals surface area contributed by atoms with Gasteiger partial charge in [-0.25, -0.2) is 5.43 Å². The highest BCUT2D eigenvalue weighted by Gasteiger charge is 2.58. The molecule has 2 aromatic carbocycles. The van der Waals surface area contributed by atoms with Crippen LogP contribution in [0.2, 0.25) is 0 Å². The van der Waals surface area contributed by atoms with Gasteiger partial charge in [-0.05, 0) is 121 Å². The molecule has 7 rings (SSSR count). The van der Waals surface area contributed by atoms with E-state index in [-0.39, 0.29) is 50.0 Å².